The quantitative estimate of drug-likeness (QED) is 0.447. The van der Waals surface area contributed by atoms with E-state index >= 15 is 0 Å². The minimum Gasteiger partial charge on any atom is -0.481 e. The molecule has 172 valence electrons. The van der Waals surface area contributed by atoms with Gasteiger partial charge < -0.3 is 29.9 Å². The Morgan fingerprint density at radius 3 is 1.63 bits per heavy atom. The third kappa shape index (κ3) is 15.4. The summed E-state index contributed by atoms with van der Waals surface area (Å²) < 4.78 is 10.3. The van der Waals surface area contributed by atoms with Gasteiger partial charge in [-0.05, 0) is 49.6 Å². The summed E-state index contributed by atoms with van der Waals surface area (Å²) in [4.78, 5) is 20.9. The highest BCUT2D eigenvalue weighted by Crippen LogP contribution is 2.16. The lowest BCUT2D eigenvalue weighted by molar-refractivity contribution is -0.139. The minimum atomic E-state index is -0.818. The van der Waals surface area contributed by atoms with E-state index in [-0.39, 0.29) is 38.7 Å². The van der Waals surface area contributed by atoms with Gasteiger partial charge in [0.2, 0.25) is 0 Å². The first kappa shape index (κ1) is 29.6. The van der Waals surface area contributed by atoms with E-state index in [1.54, 1.807) is 25.5 Å². The van der Waals surface area contributed by atoms with Crippen LogP contribution in [0, 0.1) is 11.8 Å². The van der Waals surface area contributed by atoms with Crippen molar-refractivity contribution < 1.29 is 33.7 Å². The van der Waals surface area contributed by atoms with Gasteiger partial charge in [-0.2, -0.15) is 0 Å². The second-order valence-electron chi connectivity index (χ2n) is 6.45. The zero-order valence-corrected chi connectivity index (χ0v) is 17.1. The highest BCUT2D eigenvalue weighted by Gasteiger charge is 2.14. The molecule has 0 bridgehead atoms. The smallest absolute Gasteiger partial charge is 0.303 e. The summed E-state index contributed by atoms with van der Waals surface area (Å²) >= 11 is 0. The van der Waals surface area contributed by atoms with Gasteiger partial charge in [0, 0.05) is 32.3 Å². The summed E-state index contributed by atoms with van der Waals surface area (Å²) in [5.74, 6) is 0.248. The lowest BCUT2D eigenvalue weighted by Gasteiger charge is -2.09. The Bertz CT molecular complexity index is 582. The van der Waals surface area contributed by atoms with E-state index in [1.807, 2.05) is 25.1 Å². The molecule has 0 amide bonds. The number of carboxylic acids is 2. The lowest BCUT2D eigenvalue weighted by Crippen LogP contribution is -2.20. The fraction of sp³-hybridized carbons (Fsp3) is 0.545. The summed E-state index contributed by atoms with van der Waals surface area (Å²) in [6.07, 6.45) is 5.68. The first-order valence-electron chi connectivity index (χ1n) is 9.65. The predicted molar refractivity (Wildman–Crippen MR) is 115 cm³/mol. The average molecular weight is 428 g/mol. The van der Waals surface area contributed by atoms with Crippen LogP contribution in [0.4, 0.5) is 0 Å². The molecule has 0 aliphatic carbocycles. The second kappa shape index (κ2) is 18.4. The molecule has 0 aromatic carbocycles. The summed E-state index contributed by atoms with van der Waals surface area (Å²) in [6, 6.07) is 7.31. The van der Waals surface area contributed by atoms with Crippen molar-refractivity contribution in [3.8, 4) is 0 Å². The number of rotatable bonds is 10. The Balaban J connectivity index is 0. The number of hydrogen-bond acceptors (Lipinski definition) is 6. The number of aliphatic hydroxyl groups is 1. The molecule has 2 rings (SSSR count). The molecule has 0 radical (unpaired) electrons. The van der Waals surface area contributed by atoms with Crippen LogP contribution in [0.5, 0.6) is 0 Å². The maximum atomic E-state index is 10.5. The minimum absolute atomic E-state index is 0. The molecule has 2 heterocycles. The molecule has 2 aromatic heterocycles. The second-order valence-corrected chi connectivity index (χ2v) is 6.45. The molecule has 5 N–H and O–H groups in total. The van der Waals surface area contributed by atoms with E-state index in [0.717, 1.165) is 24.4 Å². The zero-order chi connectivity index (χ0) is 22.1. The fourth-order valence-corrected chi connectivity index (χ4v) is 2.52. The number of carboxylic acid groups (broad SMARTS) is 2. The Hall–Kier alpha value is -2.58. The number of furan rings is 2. The van der Waals surface area contributed by atoms with E-state index in [9.17, 15) is 9.59 Å². The molecule has 2 aromatic rings. The zero-order valence-electron chi connectivity index (χ0n) is 17.1. The van der Waals surface area contributed by atoms with E-state index in [1.165, 1.54) is 0 Å². The summed E-state index contributed by atoms with van der Waals surface area (Å²) in [7, 11) is 0. The van der Waals surface area contributed by atoms with Crippen LogP contribution in [0.3, 0.4) is 0 Å². The number of aliphatic carboxylic acids is 2. The molecule has 2 unspecified atom stereocenters. The predicted octanol–water partition coefficient (Wildman–Crippen LogP) is 3.83. The monoisotopic (exact) mass is 427 g/mol. The van der Waals surface area contributed by atoms with Crippen LogP contribution in [-0.4, -0.2) is 40.4 Å². The Morgan fingerprint density at radius 2 is 1.33 bits per heavy atom. The standard InChI is InChI=1S/C10H14O3.C9H13NO3.C2H6O.CH4/c1-2-8(7-10(11)12)6-9-4-3-5-13-9;10-6-7(5-9(11)12)4-8-2-1-3-13-8;1-2-3;/h3-5,8H,2,6-7H2,1H3,(H,11,12);1-3,7H,4-6,10H2,(H,11,12);3H,2H2,1H3;1H4. The summed E-state index contributed by atoms with van der Waals surface area (Å²) in [6.45, 7) is 4.30. The summed E-state index contributed by atoms with van der Waals surface area (Å²) in [5.41, 5.74) is 5.43. The van der Waals surface area contributed by atoms with Crippen LogP contribution >= 0.6 is 0 Å². The third-order valence-corrected chi connectivity index (χ3v) is 3.98. The van der Waals surface area contributed by atoms with Crippen molar-refractivity contribution in [2.75, 3.05) is 13.2 Å². The van der Waals surface area contributed by atoms with E-state index in [4.69, 9.17) is 29.9 Å². The molecule has 0 aliphatic rings. The van der Waals surface area contributed by atoms with Crippen LogP contribution in [0.25, 0.3) is 0 Å². The van der Waals surface area contributed by atoms with Crippen LogP contribution in [0.15, 0.2) is 45.6 Å². The van der Waals surface area contributed by atoms with E-state index < -0.39 is 11.9 Å². The van der Waals surface area contributed by atoms with Gasteiger partial charge in [0.05, 0.1) is 12.5 Å². The normalized spacial score (nSPS) is 11.6. The molecule has 0 aliphatic heterocycles. The molecule has 30 heavy (non-hydrogen) atoms. The fourth-order valence-electron chi connectivity index (χ4n) is 2.52. The molecule has 2 atom stereocenters. The topological polar surface area (TPSA) is 147 Å². The maximum Gasteiger partial charge on any atom is 0.303 e. The number of nitrogens with two attached hydrogens (primary N) is 1. The third-order valence-electron chi connectivity index (χ3n) is 3.98. The number of aliphatic hydroxyl groups excluding tert-OH is 1. The van der Waals surface area contributed by atoms with Gasteiger partial charge in [0.25, 0.3) is 0 Å². The Labute approximate surface area is 178 Å². The Kier molecular flexibility index (Phi) is 18.2. The Morgan fingerprint density at radius 1 is 0.933 bits per heavy atom. The largest absolute Gasteiger partial charge is 0.481 e. The van der Waals surface area contributed by atoms with Gasteiger partial charge in [0.1, 0.15) is 11.5 Å². The number of hydrogen-bond donors (Lipinski definition) is 4. The highest BCUT2D eigenvalue weighted by atomic mass is 16.4. The average Bonchev–Trinajstić information content (AvgIpc) is 3.35. The highest BCUT2D eigenvalue weighted by molar-refractivity contribution is 5.67. The van der Waals surface area contributed by atoms with E-state index in [0.29, 0.717) is 13.0 Å². The van der Waals surface area contributed by atoms with Crippen molar-refractivity contribution in [3.63, 3.8) is 0 Å². The van der Waals surface area contributed by atoms with Crippen LogP contribution < -0.4 is 5.73 Å². The van der Waals surface area contributed by atoms with Crippen LogP contribution in [0.1, 0.15) is 52.1 Å². The van der Waals surface area contributed by atoms with Crippen molar-refractivity contribution in [2.45, 2.75) is 53.4 Å². The van der Waals surface area contributed by atoms with Gasteiger partial charge >= 0.3 is 11.9 Å². The van der Waals surface area contributed by atoms with Gasteiger partial charge in [0.15, 0.2) is 0 Å². The van der Waals surface area contributed by atoms with Crippen LogP contribution in [-0.2, 0) is 22.4 Å². The van der Waals surface area contributed by atoms with E-state index in [2.05, 4.69) is 0 Å². The lowest BCUT2D eigenvalue weighted by atomic mass is 9.97. The molecular weight excluding hydrogens is 390 g/mol. The van der Waals surface area contributed by atoms with Crippen molar-refractivity contribution in [2.24, 2.45) is 17.6 Å². The molecule has 0 saturated carbocycles. The first-order valence-corrected chi connectivity index (χ1v) is 9.65. The van der Waals surface area contributed by atoms with Gasteiger partial charge in [-0.3, -0.25) is 9.59 Å². The SMILES string of the molecule is C.CCC(CC(=O)O)Cc1ccco1.CCO.NCC(CC(=O)O)Cc1ccco1. The van der Waals surface area contributed by atoms with Crippen LogP contribution in [0.2, 0.25) is 0 Å². The molecule has 0 saturated heterocycles. The van der Waals surface area contributed by atoms with Gasteiger partial charge in [-0.15, -0.1) is 0 Å². The van der Waals surface area contributed by atoms with Gasteiger partial charge in [-0.25, -0.2) is 0 Å². The van der Waals surface area contributed by atoms with Crippen molar-refractivity contribution in [1.29, 1.82) is 0 Å². The molecule has 0 spiro atoms. The molecule has 8 heteroatoms. The van der Waals surface area contributed by atoms with Gasteiger partial charge in [-0.1, -0.05) is 20.8 Å². The molecular formula is C22H37NO7. The maximum absolute atomic E-state index is 10.5. The molecule has 0 fully saturated rings. The van der Waals surface area contributed by atoms with Crippen molar-refractivity contribution >= 4 is 11.9 Å². The van der Waals surface area contributed by atoms with Crippen molar-refractivity contribution in [3.05, 3.63) is 48.3 Å². The van der Waals surface area contributed by atoms with Crippen molar-refractivity contribution in [1.82, 2.24) is 0 Å². The molecule has 8 nitrogen and oxygen atoms in total. The summed E-state index contributed by atoms with van der Waals surface area (Å²) in [5, 5.41) is 24.7. The first-order chi connectivity index (χ1) is 13.9. The number of carbonyl (C=O) groups is 2.